The minimum atomic E-state index is -1.92. The molecule has 1 aliphatic rings. The third-order valence-corrected chi connectivity index (χ3v) is 3.44. The molecule has 0 saturated heterocycles. The highest BCUT2D eigenvalue weighted by Gasteiger charge is 2.30. The van der Waals surface area contributed by atoms with E-state index in [9.17, 15) is 13.2 Å². The summed E-state index contributed by atoms with van der Waals surface area (Å²) < 4.78 is 41.3. The largest absolute Gasteiger partial charge is 0.234 e. The van der Waals surface area contributed by atoms with Crippen molar-refractivity contribution in [1.29, 1.82) is 0 Å². The van der Waals surface area contributed by atoms with Crippen LogP contribution < -0.4 is 0 Å². The smallest absolute Gasteiger partial charge is 0.179 e. The molecule has 1 aromatic rings. The van der Waals surface area contributed by atoms with Crippen LogP contribution in [0.5, 0.6) is 0 Å². The first kappa shape index (κ1) is 13.2. The minimum absolute atomic E-state index is 0.116. The van der Waals surface area contributed by atoms with Gasteiger partial charge < -0.3 is 0 Å². The Morgan fingerprint density at radius 1 is 1.22 bits per heavy atom. The van der Waals surface area contributed by atoms with Gasteiger partial charge in [-0.2, -0.15) is 0 Å². The van der Waals surface area contributed by atoms with Gasteiger partial charge in [0.05, 0.1) is 0 Å². The Morgan fingerprint density at radius 2 is 2.00 bits per heavy atom. The Bertz CT molecular complexity index is 463. The summed E-state index contributed by atoms with van der Waals surface area (Å²) in [4.78, 5) is 0. The van der Waals surface area contributed by atoms with Crippen molar-refractivity contribution in [3.05, 3.63) is 46.5 Å². The predicted octanol–water partition coefficient (Wildman–Crippen LogP) is 5.20. The number of allylic oxidation sites excluding steroid dienone is 2. The van der Waals surface area contributed by atoms with Gasteiger partial charge in [-0.05, 0) is 36.5 Å². The zero-order chi connectivity index (χ0) is 13.1. The van der Waals surface area contributed by atoms with Crippen molar-refractivity contribution in [1.82, 2.24) is 0 Å². The third-order valence-electron chi connectivity index (χ3n) is 3.44. The predicted molar refractivity (Wildman–Crippen MR) is 66.2 cm³/mol. The lowest BCUT2D eigenvalue weighted by Gasteiger charge is -2.22. The van der Waals surface area contributed by atoms with Gasteiger partial charge in [0.2, 0.25) is 0 Å². The van der Waals surface area contributed by atoms with Gasteiger partial charge >= 0.3 is 0 Å². The number of halogens is 3. The molecule has 0 spiro atoms. The lowest BCUT2D eigenvalue weighted by molar-refractivity contribution is 0.310. The van der Waals surface area contributed by atoms with Crippen LogP contribution in [0.4, 0.5) is 13.2 Å². The normalized spacial score (nSPS) is 19.0. The number of alkyl halides is 1. The fourth-order valence-electron chi connectivity index (χ4n) is 2.44. The van der Waals surface area contributed by atoms with Crippen molar-refractivity contribution in [3.8, 4) is 0 Å². The van der Waals surface area contributed by atoms with Gasteiger partial charge in [-0.3, -0.25) is 0 Å². The van der Waals surface area contributed by atoms with E-state index in [4.69, 9.17) is 0 Å². The second-order valence-electron chi connectivity index (χ2n) is 4.76. The van der Waals surface area contributed by atoms with Crippen LogP contribution in [0, 0.1) is 5.82 Å². The maximum Gasteiger partial charge on any atom is 0.179 e. The number of benzene rings is 1. The lowest BCUT2D eigenvalue weighted by atomic mass is 9.87. The first-order valence-corrected chi connectivity index (χ1v) is 6.44. The molecule has 0 aliphatic heterocycles. The zero-order valence-electron chi connectivity index (χ0n) is 10.5. The van der Waals surface area contributed by atoms with E-state index in [1.807, 2.05) is 0 Å². The number of rotatable bonds is 4. The summed E-state index contributed by atoms with van der Waals surface area (Å²) in [6.45, 7) is 2.06. The summed E-state index contributed by atoms with van der Waals surface area (Å²) in [5.41, 5.74) is 0.957. The minimum Gasteiger partial charge on any atom is -0.234 e. The van der Waals surface area contributed by atoms with Gasteiger partial charge in [0.1, 0.15) is 11.6 Å². The maximum atomic E-state index is 13.9. The molecule has 1 atom stereocenters. The summed E-state index contributed by atoms with van der Waals surface area (Å²) in [5.74, 6) is -1.42. The molecule has 1 aliphatic carbocycles. The third kappa shape index (κ3) is 2.45. The van der Waals surface area contributed by atoms with Crippen LogP contribution in [0.1, 0.15) is 49.9 Å². The van der Waals surface area contributed by atoms with Crippen LogP contribution in [-0.4, -0.2) is 0 Å². The second kappa shape index (κ2) is 5.59. The Kier molecular flexibility index (Phi) is 4.10. The molecule has 18 heavy (non-hydrogen) atoms. The summed E-state index contributed by atoms with van der Waals surface area (Å²) in [5, 5.41) is 0. The molecule has 0 radical (unpaired) electrons. The van der Waals surface area contributed by atoms with Crippen molar-refractivity contribution in [3.63, 3.8) is 0 Å². The molecule has 0 aromatic heterocycles. The Labute approximate surface area is 106 Å². The second-order valence-corrected chi connectivity index (χ2v) is 4.76. The molecule has 0 nitrogen and oxygen atoms in total. The average Bonchev–Trinajstić information content (AvgIpc) is 2.35. The van der Waals surface area contributed by atoms with Crippen LogP contribution in [0.15, 0.2) is 29.6 Å². The molecule has 98 valence electrons. The van der Waals surface area contributed by atoms with Gasteiger partial charge in [0, 0.05) is 5.56 Å². The van der Waals surface area contributed by atoms with E-state index in [1.54, 1.807) is 12.1 Å². The van der Waals surface area contributed by atoms with Gasteiger partial charge in [-0.1, -0.05) is 31.9 Å². The Balaban J connectivity index is 2.24. The van der Waals surface area contributed by atoms with Crippen molar-refractivity contribution in [2.75, 3.05) is 0 Å². The molecule has 0 saturated carbocycles. The average molecular weight is 254 g/mol. The number of hydrogen-bond donors (Lipinski definition) is 0. The van der Waals surface area contributed by atoms with Crippen molar-refractivity contribution in [2.24, 2.45) is 0 Å². The maximum absolute atomic E-state index is 13.9. The standard InChI is InChI=1S/C15H17F3/c1-2-3-4-6-11-9-10-7-5-8-12(16)13(10)15(18)14(11)17/h5,7-8,15H,2-4,6,9H2,1H3. The summed E-state index contributed by atoms with van der Waals surface area (Å²) in [6, 6.07) is 4.41. The highest BCUT2D eigenvalue weighted by Crippen LogP contribution is 2.40. The molecular formula is C15H17F3. The van der Waals surface area contributed by atoms with Crippen LogP contribution in [0.3, 0.4) is 0 Å². The number of unbranched alkanes of at least 4 members (excludes halogenated alkanes) is 2. The molecule has 2 rings (SSSR count). The van der Waals surface area contributed by atoms with Crippen molar-refractivity contribution in [2.45, 2.75) is 45.2 Å². The molecule has 1 aromatic carbocycles. The van der Waals surface area contributed by atoms with Crippen LogP contribution >= 0.6 is 0 Å². The quantitative estimate of drug-likeness (QED) is 0.648. The summed E-state index contributed by atoms with van der Waals surface area (Å²) in [7, 11) is 0. The SMILES string of the molecule is CCCCCC1=C(F)C(F)c2c(F)cccc2C1. The molecule has 1 unspecified atom stereocenters. The molecule has 0 bridgehead atoms. The molecule has 3 heteroatoms. The van der Waals surface area contributed by atoms with E-state index in [0.717, 1.165) is 19.3 Å². The van der Waals surface area contributed by atoms with E-state index in [1.165, 1.54) is 6.07 Å². The van der Waals surface area contributed by atoms with Gasteiger partial charge in [-0.15, -0.1) is 0 Å². The van der Waals surface area contributed by atoms with E-state index in [0.29, 0.717) is 24.0 Å². The summed E-state index contributed by atoms with van der Waals surface area (Å²) >= 11 is 0. The first-order valence-electron chi connectivity index (χ1n) is 6.44. The monoisotopic (exact) mass is 254 g/mol. The van der Waals surface area contributed by atoms with E-state index in [2.05, 4.69) is 6.92 Å². The highest BCUT2D eigenvalue weighted by molar-refractivity contribution is 5.42. The molecular weight excluding hydrogens is 237 g/mol. The zero-order valence-corrected chi connectivity index (χ0v) is 10.5. The topological polar surface area (TPSA) is 0 Å². The molecule has 0 heterocycles. The first-order chi connectivity index (χ1) is 8.65. The Hall–Kier alpha value is -1.25. The fraction of sp³-hybridized carbons (Fsp3) is 0.467. The number of hydrogen-bond acceptors (Lipinski definition) is 0. The lowest BCUT2D eigenvalue weighted by Crippen LogP contribution is -2.12. The molecule has 0 N–H and O–H groups in total. The van der Waals surface area contributed by atoms with E-state index in [-0.39, 0.29) is 5.56 Å². The highest BCUT2D eigenvalue weighted by atomic mass is 19.2. The van der Waals surface area contributed by atoms with E-state index < -0.39 is 17.8 Å². The van der Waals surface area contributed by atoms with Crippen molar-refractivity contribution < 1.29 is 13.2 Å². The van der Waals surface area contributed by atoms with Crippen LogP contribution in [0.25, 0.3) is 0 Å². The van der Waals surface area contributed by atoms with Gasteiger partial charge in [0.25, 0.3) is 0 Å². The fourth-order valence-corrected chi connectivity index (χ4v) is 2.44. The molecule has 0 amide bonds. The van der Waals surface area contributed by atoms with Crippen molar-refractivity contribution >= 4 is 0 Å². The van der Waals surface area contributed by atoms with Crippen LogP contribution in [0.2, 0.25) is 0 Å². The van der Waals surface area contributed by atoms with Crippen LogP contribution in [-0.2, 0) is 6.42 Å². The Morgan fingerprint density at radius 3 is 2.72 bits per heavy atom. The van der Waals surface area contributed by atoms with Gasteiger partial charge in [-0.25, -0.2) is 13.2 Å². The molecule has 0 fully saturated rings. The summed E-state index contributed by atoms with van der Waals surface area (Å²) in [6.07, 6.45) is 1.88. The van der Waals surface area contributed by atoms with Gasteiger partial charge in [0.15, 0.2) is 6.17 Å². The van der Waals surface area contributed by atoms with E-state index >= 15 is 0 Å². The number of fused-ring (bicyclic) bond motifs is 1.